The molecule has 0 radical (unpaired) electrons. The van der Waals surface area contributed by atoms with Crippen molar-refractivity contribution in [3.05, 3.63) is 36.9 Å². The SMILES string of the molecule is COc1ccc(OC(F)F)c(NC(=O)n2ccnc2)c1. The lowest BCUT2D eigenvalue weighted by atomic mass is 10.2. The van der Waals surface area contributed by atoms with Crippen molar-refractivity contribution < 1.29 is 23.0 Å². The van der Waals surface area contributed by atoms with Gasteiger partial charge in [-0.15, -0.1) is 0 Å². The molecule has 0 unspecified atom stereocenters. The maximum Gasteiger partial charge on any atom is 0.387 e. The molecule has 20 heavy (non-hydrogen) atoms. The molecule has 1 aromatic heterocycles. The van der Waals surface area contributed by atoms with Crippen LogP contribution in [0.15, 0.2) is 36.9 Å². The van der Waals surface area contributed by atoms with Crippen LogP contribution in [0.5, 0.6) is 11.5 Å². The van der Waals surface area contributed by atoms with E-state index in [1.54, 1.807) is 0 Å². The maximum atomic E-state index is 12.3. The Hall–Kier alpha value is -2.64. The number of benzene rings is 1. The van der Waals surface area contributed by atoms with Crippen LogP contribution >= 0.6 is 0 Å². The fourth-order valence-electron chi connectivity index (χ4n) is 1.49. The highest BCUT2D eigenvalue weighted by Crippen LogP contribution is 2.30. The predicted octanol–water partition coefficient (Wildman–Crippen LogP) is 2.57. The van der Waals surface area contributed by atoms with Crippen molar-refractivity contribution in [1.29, 1.82) is 0 Å². The number of methoxy groups -OCH3 is 1. The van der Waals surface area contributed by atoms with Crippen LogP contribution in [-0.4, -0.2) is 29.3 Å². The molecule has 0 aliphatic rings. The van der Waals surface area contributed by atoms with Crippen molar-refractivity contribution in [3.8, 4) is 11.5 Å². The molecule has 2 rings (SSSR count). The number of imidazole rings is 1. The summed E-state index contributed by atoms with van der Waals surface area (Å²) in [6.07, 6.45) is 4.12. The van der Waals surface area contributed by atoms with E-state index >= 15 is 0 Å². The smallest absolute Gasteiger partial charge is 0.387 e. The Morgan fingerprint density at radius 3 is 2.85 bits per heavy atom. The Labute approximate surface area is 112 Å². The van der Waals surface area contributed by atoms with Crippen LogP contribution in [0.1, 0.15) is 0 Å². The highest BCUT2D eigenvalue weighted by Gasteiger charge is 2.14. The highest BCUT2D eigenvalue weighted by molar-refractivity contribution is 5.92. The summed E-state index contributed by atoms with van der Waals surface area (Å²) in [6, 6.07) is 3.56. The molecule has 1 aromatic carbocycles. The topological polar surface area (TPSA) is 65.4 Å². The summed E-state index contributed by atoms with van der Waals surface area (Å²) in [5.74, 6) is 0.238. The van der Waals surface area contributed by atoms with Crippen molar-refractivity contribution >= 4 is 11.7 Å². The molecule has 0 aliphatic heterocycles. The van der Waals surface area contributed by atoms with Crippen molar-refractivity contribution in [2.45, 2.75) is 6.61 Å². The van der Waals surface area contributed by atoms with Gasteiger partial charge in [0, 0.05) is 18.5 Å². The van der Waals surface area contributed by atoms with Crippen molar-refractivity contribution in [1.82, 2.24) is 9.55 Å². The van der Waals surface area contributed by atoms with E-state index in [4.69, 9.17) is 4.74 Å². The molecular weight excluding hydrogens is 272 g/mol. The fraction of sp³-hybridized carbons (Fsp3) is 0.167. The molecule has 0 atom stereocenters. The van der Waals surface area contributed by atoms with Crippen LogP contribution in [0, 0.1) is 0 Å². The summed E-state index contributed by atoms with van der Waals surface area (Å²) in [4.78, 5) is 15.6. The van der Waals surface area contributed by atoms with Gasteiger partial charge in [0.1, 0.15) is 17.8 Å². The molecule has 2 aromatic rings. The normalized spacial score (nSPS) is 10.4. The number of halogens is 2. The molecule has 0 aliphatic carbocycles. The minimum absolute atomic E-state index is 0.0725. The molecule has 106 valence electrons. The van der Waals surface area contributed by atoms with Crippen LogP contribution in [0.25, 0.3) is 0 Å². The van der Waals surface area contributed by atoms with E-state index < -0.39 is 12.6 Å². The quantitative estimate of drug-likeness (QED) is 0.936. The summed E-state index contributed by atoms with van der Waals surface area (Å²) < 4.78 is 35.1. The lowest BCUT2D eigenvalue weighted by Gasteiger charge is -2.13. The standard InChI is InChI=1S/C12H11F2N3O3/c1-19-8-2-3-10(20-11(13)14)9(6-8)16-12(18)17-5-4-15-7-17/h2-7,11H,1H3,(H,16,18). The van der Waals surface area contributed by atoms with E-state index in [2.05, 4.69) is 15.0 Å². The van der Waals surface area contributed by atoms with Gasteiger partial charge in [-0.05, 0) is 12.1 Å². The minimum Gasteiger partial charge on any atom is -0.497 e. The Morgan fingerprint density at radius 1 is 1.45 bits per heavy atom. The van der Waals surface area contributed by atoms with E-state index in [-0.39, 0.29) is 11.4 Å². The van der Waals surface area contributed by atoms with Gasteiger partial charge < -0.3 is 14.8 Å². The maximum absolute atomic E-state index is 12.3. The molecule has 6 nitrogen and oxygen atoms in total. The number of anilines is 1. The number of amides is 1. The van der Waals surface area contributed by atoms with Crippen LogP contribution in [-0.2, 0) is 0 Å². The number of alkyl halides is 2. The molecule has 0 fully saturated rings. The first-order valence-corrected chi connectivity index (χ1v) is 5.52. The number of hydrogen-bond acceptors (Lipinski definition) is 4. The second kappa shape index (κ2) is 6.00. The average molecular weight is 283 g/mol. The Balaban J connectivity index is 2.25. The van der Waals surface area contributed by atoms with Gasteiger partial charge in [-0.1, -0.05) is 0 Å². The van der Waals surface area contributed by atoms with E-state index in [1.807, 2.05) is 0 Å². The number of aromatic nitrogens is 2. The van der Waals surface area contributed by atoms with Gasteiger partial charge in [-0.25, -0.2) is 9.78 Å². The Kier molecular flexibility index (Phi) is 4.14. The molecule has 0 saturated heterocycles. The monoisotopic (exact) mass is 283 g/mol. The first-order chi connectivity index (χ1) is 9.60. The summed E-state index contributed by atoms with van der Waals surface area (Å²) in [5, 5.41) is 2.44. The van der Waals surface area contributed by atoms with Gasteiger partial charge in [0.2, 0.25) is 0 Å². The van der Waals surface area contributed by atoms with E-state index in [0.29, 0.717) is 5.75 Å². The number of rotatable bonds is 4. The number of ether oxygens (including phenoxy) is 2. The number of hydrogen-bond donors (Lipinski definition) is 1. The molecule has 8 heteroatoms. The zero-order valence-corrected chi connectivity index (χ0v) is 10.4. The largest absolute Gasteiger partial charge is 0.497 e. The summed E-state index contributed by atoms with van der Waals surface area (Å²) in [5.41, 5.74) is 0.0725. The van der Waals surface area contributed by atoms with Crippen molar-refractivity contribution in [3.63, 3.8) is 0 Å². The van der Waals surface area contributed by atoms with Gasteiger partial charge in [0.25, 0.3) is 0 Å². The van der Waals surface area contributed by atoms with E-state index in [1.165, 1.54) is 44.0 Å². The van der Waals surface area contributed by atoms with E-state index in [9.17, 15) is 13.6 Å². The molecule has 1 heterocycles. The lowest BCUT2D eigenvalue weighted by Crippen LogP contribution is -2.18. The number of nitrogens with one attached hydrogen (secondary N) is 1. The second-order valence-corrected chi connectivity index (χ2v) is 3.64. The van der Waals surface area contributed by atoms with Gasteiger partial charge in [-0.3, -0.25) is 4.57 Å². The lowest BCUT2D eigenvalue weighted by molar-refractivity contribution is -0.0493. The predicted molar refractivity (Wildman–Crippen MR) is 66.3 cm³/mol. The number of carbonyl (C=O) groups is 1. The molecule has 0 saturated carbocycles. The first kappa shape index (κ1) is 13.8. The first-order valence-electron chi connectivity index (χ1n) is 5.52. The van der Waals surface area contributed by atoms with Crippen molar-refractivity contribution in [2.75, 3.05) is 12.4 Å². The molecule has 0 spiro atoms. The van der Waals surface area contributed by atoms with Gasteiger partial charge in [0.05, 0.1) is 12.8 Å². The van der Waals surface area contributed by atoms with Gasteiger partial charge in [0.15, 0.2) is 0 Å². The van der Waals surface area contributed by atoms with Crippen molar-refractivity contribution in [2.24, 2.45) is 0 Å². The van der Waals surface area contributed by atoms with Crippen LogP contribution in [0.3, 0.4) is 0 Å². The summed E-state index contributed by atoms with van der Waals surface area (Å²) in [6.45, 7) is -2.99. The number of carbonyl (C=O) groups excluding carboxylic acids is 1. The third kappa shape index (κ3) is 3.22. The number of nitrogens with zero attached hydrogens (tertiary/aromatic N) is 2. The molecule has 0 bridgehead atoms. The minimum atomic E-state index is -2.99. The summed E-state index contributed by atoms with van der Waals surface area (Å²) >= 11 is 0. The van der Waals surface area contributed by atoms with Gasteiger partial charge >= 0.3 is 12.6 Å². The highest BCUT2D eigenvalue weighted by atomic mass is 19.3. The second-order valence-electron chi connectivity index (χ2n) is 3.64. The molecule has 1 N–H and O–H groups in total. The van der Waals surface area contributed by atoms with E-state index in [0.717, 1.165) is 4.57 Å². The fourth-order valence-corrected chi connectivity index (χ4v) is 1.49. The Morgan fingerprint density at radius 2 is 2.25 bits per heavy atom. The zero-order chi connectivity index (χ0) is 14.5. The summed E-state index contributed by atoms with van der Waals surface area (Å²) in [7, 11) is 1.42. The van der Waals surface area contributed by atoms with Gasteiger partial charge in [-0.2, -0.15) is 8.78 Å². The zero-order valence-electron chi connectivity index (χ0n) is 10.4. The van der Waals surface area contributed by atoms with Crippen LogP contribution in [0.4, 0.5) is 19.3 Å². The average Bonchev–Trinajstić information content (AvgIpc) is 2.94. The third-order valence-corrected chi connectivity index (χ3v) is 2.38. The van der Waals surface area contributed by atoms with Crippen LogP contribution in [0.2, 0.25) is 0 Å². The molecular formula is C12H11F2N3O3. The molecule has 1 amide bonds. The third-order valence-electron chi connectivity index (χ3n) is 2.38. The Bertz CT molecular complexity index is 588. The van der Waals surface area contributed by atoms with Crippen LogP contribution < -0.4 is 14.8 Å².